The van der Waals surface area contributed by atoms with E-state index in [2.05, 4.69) is 35.9 Å². The van der Waals surface area contributed by atoms with Gasteiger partial charge in [-0.25, -0.2) is 0 Å². The zero-order valence-electron chi connectivity index (χ0n) is 13.2. The molecule has 1 saturated carbocycles. The van der Waals surface area contributed by atoms with Gasteiger partial charge in [0.2, 0.25) is 0 Å². The maximum atomic E-state index is 3.80. The molecule has 2 rings (SSSR count). The van der Waals surface area contributed by atoms with Gasteiger partial charge in [0, 0.05) is 37.8 Å². The summed E-state index contributed by atoms with van der Waals surface area (Å²) < 4.78 is 0. The van der Waals surface area contributed by atoms with Crippen LogP contribution in [-0.4, -0.2) is 60.6 Å². The molecule has 0 bridgehead atoms. The fraction of sp³-hybridized carbons (Fsp3) is 1.00. The Morgan fingerprint density at radius 2 is 1.89 bits per heavy atom. The fourth-order valence-corrected chi connectivity index (χ4v) is 3.91. The largest absolute Gasteiger partial charge is 0.312 e. The molecule has 0 amide bonds. The van der Waals surface area contributed by atoms with E-state index in [0.29, 0.717) is 0 Å². The fourth-order valence-electron chi connectivity index (χ4n) is 3.91. The molecule has 3 atom stereocenters. The maximum Gasteiger partial charge on any atom is 0.0250 e. The molecule has 1 aliphatic heterocycles. The lowest BCUT2D eigenvalue weighted by Gasteiger charge is -2.47. The van der Waals surface area contributed by atoms with E-state index < -0.39 is 0 Å². The maximum absolute atomic E-state index is 3.80. The van der Waals surface area contributed by atoms with Crippen LogP contribution in [0.4, 0.5) is 0 Å². The topological polar surface area (TPSA) is 18.5 Å². The van der Waals surface area contributed by atoms with Crippen LogP contribution < -0.4 is 5.32 Å². The van der Waals surface area contributed by atoms with E-state index in [0.717, 1.165) is 18.1 Å². The molecule has 112 valence electrons. The van der Waals surface area contributed by atoms with Gasteiger partial charge in [-0.2, -0.15) is 0 Å². The summed E-state index contributed by atoms with van der Waals surface area (Å²) in [7, 11) is 0. The summed E-state index contributed by atoms with van der Waals surface area (Å²) in [5, 5.41) is 3.80. The van der Waals surface area contributed by atoms with E-state index in [1.165, 1.54) is 64.8 Å². The van der Waals surface area contributed by atoms with Gasteiger partial charge in [-0.15, -0.1) is 0 Å². The molecule has 3 heteroatoms. The smallest absolute Gasteiger partial charge is 0.0250 e. The Labute approximate surface area is 119 Å². The van der Waals surface area contributed by atoms with Gasteiger partial charge in [0.25, 0.3) is 0 Å². The highest BCUT2D eigenvalue weighted by atomic mass is 15.3. The van der Waals surface area contributed by atoms with Gasteiger partial charge in [-0.05, 0) is 39.3 Å². The van der Waals surface area contributed by atoms with E-state index in [-0.39, 0.29) is 0 Å². The van der Waals surface area contributed by atoms with Crippen LogP contribution in [0.15, 0.2) is 0 Å². The summed E-state index contributed by atoms with van der Waals surface area (Å²) in [5.74, 6) is 0. The van der Waals surface area contributed by atoms with Gasteiger partial charge in [-0.1, -0.05) is 26.7 Å². The second-order valence-electron chi connectivity index (χ2n) is 6.38. The van der Waals surface area contributed by atoms with Crippen LogP contribution >= 0.6 is 0 Å². The molecule has 0 spiro atoms. The average molecular weight is 267 g/mol. The normalized spacial score (nSPS) is 34.6. The quantitative estimate of drug-likeness (QED) is 0.825. The lowest BCUT2D eigenvalue weighted by Crippen LogP contribution is -2.60. The zero-order valence-corrected chi connectivity index (χ0v) is 13.2. The minimum Gasteiger partial charge on any atom is -0.312 e. The van der Waals surface area contributed by atoms with Crippen molar-refractivity contribution in [3.05, 3.63) is 0 Å². The van der Waals surface area contributed by atoms with E-state index in [1.54, 1.807) is 0 Å². The first-order valence-corrected chi connectivity index (χ1v) is 8.47. The summed E-state index contributed by atoms with van der Waals surface area (Å²) >= 11 is 0. The van der Waals surface area contributed by atoms with Crippen LogP contribution in [0.5, 0.6) is 0 Å². The van der Waals surface area contributed by atoms with Gasteiger partial charge < -0.3 is 5.32 Å². The molecule has 0 aromatic heterocycles. The molecule has 0 aromatic carbocycles. The van der Waals surface area contributed by atoms with Crippen molar-refractivity contribution < 1.29 is 0 Å². The third-order valence-electron chi connectivity index (χ3n) is 5.06. The number of hydrogen-bond donors (Lipinski definition) is 1. The summed E-state index contributed by atoms with van der Waals surface area (Å²) in [4.78, 5) is 5.40. The van der Waals surface area contributed by atoms with Crippen molar-refractivity contribution in [2.45, 2.75) is 71.0 Å². The first-order valence-electron chi connectivity index (χ1n) is 8.47. The summed E-state index contributed by atoms with van der Waals surface area (Å²) in [6, 6.07) is 2.27. The number of nitrogens with zero attached hydrogens (tertiary/aromatic N) is 2. The van der Waals surface area contributed by atoms with Gasteiger partial charge >= 0.3 is 0 Å². The van der Waals surface area contributed by atoms with Crippen molar-refractivity contribution in [3.63, 3.8) is 0 Å². The third kappa shape index (κ3) is 3.93. The van der Waals surface area contributed by atoms with Crippen molar-refractivity contribution in [1.82, 2.24) is 15.1 Å². The predicted molar refractivity (Wildman–Crippen MR) is 82.6 cm³/mol. The molecule has 19 heavy (non-hydrogen) atoms. The van der Waals surface area contributed by atoms with Crippen LogP contribution in [0.3, 0.4) is 0 Å². The lowest BCUT2D eigenvalue weighted by atomic mass is 9.88. The molecule has 0 aromatic rings. The molecular weight excluding hydrogens is 234 g/mol. The molecule has 2 aliphatic rings. The Hall–Kier alpha value is -0.120. The standard InChI is InChI=1S/C16H33N3/c1-4-10-17-15-8-6-7-9-16(15)19-12-11-18(5-2)14(3)13-19/h14-17H,4-13H2,1-3H3. The Morgan fingerprint density at radius 1 is 1.11 bits per heavy atom. The number of likely N-dealkylation sites (N-methyl/N-ethyl adjacent to an activating group) is 1. The molecular formula is C16H33N3. The van der Waals surface area contributed by atoms with E-state index in [4.69, 9.17) is 0 Å². The van der Waals surface area contributed by atoms with Gasteiger partial charge in [0.05, 0.1) is 0 Å². The Bertz CT molecular complexity index is 256. The Morgan fingerprint density at radius 3 is 2.58 bits per heavy atom. The van der Waals surface area contributed by atoms with E-state index >= 15 is 0 Å². The molecule has 1 N–H and O–H groups in total. The summed E-state index contributed by atoms with van der Waals surface area (Å²) in [6.45, 7) is 13.1. The first-order chi connectivity index (χ1) is 9.26. The number of nitrogens with one attached hydrogen (secondary N) is 1. The molecule has 3 unspecified atom stereocenters. The van der Waals surface area contributed by atoms with Crippen LogP contribution in [-0.2, 0) is 0 Å². The van der Waals surface area contributed by atoms with Crippen LogP contribution in [0, 0.1) is 0 Å². The van der Waals surface area contributed by atoms with E-state index in [1.807, 2.05) is 0 Å². The minimum atomic E-state index is 0.729. The monoisotopic (exact) mass is 267 g/mol. The molecule has 0 radical (unpaired) electrons. The predicted octanol–water partition coefficient (Wildman–Crippen LogP) is 2.32. The molecule has 3 nitrogen and oxygen atoms in total. The second-order valence-corrected chi connectivity index (χ2v) is 6.38. The van der Waals surface area contributed by atoms with Gasteiger partial charge in [0.15, 0.2) is 0 Å². The number of rotatable bonds is 5. The minimum absolute atomic E-state index is 0.729. The highest BCUT2D eigenvalue weighted by Crippen LogP contribution is 2.25. The van der Waals surface area contributed by atoms with E-state index in [9.17, 15) is 0 Å². The van der Waals surface area contributed by atoms with Crippen LogP contribution in [0.2, 0.25) is 0 Å². The Kier molecular flexibility index (Phi) is 6.11. The van der Waals surface area contributed by atoms with Crippen LogP contribution in [0.25, 0.3) is 0 Å². The average Bonchev–Trinajstić information content (AvgIpc) is 2.45. The van der Waals surface area contributed by atoms with Gasteiger partial charge in [0.1, 0.15) is 0 Å². The zero-order chi connectivity index (χ0) is 13.7. The number of hydrogen-bond acceptors (Lipinski definition) is 3. The number of piperazine rings is 1. The SMILES string of the molecule is CCCNC1CCCCC1N1CCN(CC)C(C)C1. The van der Waals surface area contributed by atoms with Crippen molar-refractivity contribution in [3.8, 4) is 0 Å². The highest BCUT2D eigenvalue weighted by Gasteiger charge is 2.33. The lowest BCUT2D eigenvalue weighted by molar-refractivity contribution is 0.0333. The molecule has 1 aliphatic carbocycles. The van der Waals surface area contributed by atoms with Crippen molar-refractivity contribution in [1.29, 1.82) is 0 Å². The van der Waals surface area contributed by atoms with Crippen LogP contribution in [0.1, 0.15) is 52.9 Å². The summed E-state index contributed by atoms with van der Waals surface area (Å²) in [5.41, 5.74) is 0. The van der Waals surface area contributed by atoms with Gasteiger partial charge in [-0.3, -0.25) is 9.80 Å². The highest BCUT2D eigenvalue weighted by molar-refractivity contribution is 4.91. The first kappa shape index (κ1) is 15.3. The van der Waals surface area contributed by atoms with Crippen molar-refractivity contribution >= 4 is 0 Å². The second kappa shape index (κ2) is 7.61. The van der Waals surface area contributed by atoms with Crippen molar-refractivity contribution in [2.75, 3.05) is 32.7 Å². The van der Waals surface area contributed by atoms with Crippen molar-refractivity contribution in [2.24, 2.45) is 0 Å². The third-order valence-corrected chi connectivity index (χ3v) is 5.06. The molecule has 2 fully saturated rings. The Balaban J connectivity index is 1.90. The molecule has 1 heterocycles. The molecule has 1 saturated heterocycles. The summed E-state index contributed by atoms with van der Waals surface area (Å²) in [6.07, 6.45) is 6.89.